The molecule has 0 radical (unpaired) electrons. The summed E-state index contributed by atoms with van der Waals surface area (Å²) in [6.45, 7) is 5.71. The van der Waals surface area contributed by atoms with E-state index in [0.717, 1.165) is 19.4 Å². The normalized spacial score (nSPS) is 16.5. The molecule has 0 bridgehead atoms. The maximum absolute atomic E-state index is 15.8. The Morgan fingerprint density at radius 2 is 1.97 bits per heavy atom. The molecule has 10 heteroatoms. The predicted octanol–water partition coefficient (Wildman–Crippen LogP) is 4.12. The highest BCUT2D eigenvalue weighted by atomic mass is 35.5. The van der Waals surface area contributed by atoms with Gasteiger partial charge in [-0.15, -0.1) is 12.4 Å². The van der Waals surface area contributed by atoms with E-state index in [1.165, 1.54) is 12.1 Å². The monoisotopic (exact) mass is 508 g/mol. The van der Waals surface area contributed by atoms with Gasteiger partial charge in [-0.3, -0.25) is 5.41 Å². The summed E-state index contributed by atoms with van der Waals surface area (Å²) in [6, 6.07) is 8.52. The Hall–Kier alpha value is -3.04. The smallest absolute Gasteiger partial charge is 0.333 e. The standard InChI is InChI=1S/C25H33FN4O4.ClH/c1-4-32-19-13-20(22(26)21(14-19)34-18-7-6-12-30(3)15-18)23(25(31)33-5-2)29-17-10-8-16(9-11-17)24(27)28;/h8-11,13-14,18,23,29H,4-7,12,15H2,1-3H3,(H3,27,28);1H. The first-order valence-corrected chi connectivity index (χ1v) is 11.5. The summed E-state index contributed by atoms with van der Waals surface area (Å²) in [5.41, 5.74) is 6.67. The predicted molar refractivity (Wildman–Crippen MR) is 136 cm³/mol. The lowest BCUT2D eigenvalue weighted by Crippen LogP contribution is -2.38. The van der Waals surface area contributed by atoms with Crippen molar-refractivity contribution in [2.45, 2.75) is 38.8 Å². The van der Waals surface area contributed by atoms with Crippen LogP contribution in [0.5, 0.6) is 11.5 Å². The average Bonchev–Trinajstić information content (AvgIpc) is 2.80. The third-order valence-electron chi connectivity index (χ3n) is 5.57. The van der Waals surface area contributed by atoms with Crippen molar-refractivity contribution >= 4 is 29.9 Å². The summed E-state index contributed by atoms with van der Waals surface area (Å²) < 4.78 is 32.7. The summed E-state index contributed by atoms with van der Waals surface area (Å²) in [6.07, 6.45) is 1.62. The second-order valence-corrected chi connectivity index (χ2v) is 8.22. The lowest BCUT2D eigenvalue weighted by molar-refractivity contribution is -0.144. The van der Waals surface area contributed by atoms with Crippen LogP contribution in [0.1, 0.15) is 43.9 Å². The number of hydrogen-bond donors (Lipinski definition) is 3. The van der Waals surface area contributed by atoms with Crippen LogP contribution in [0.25, 0.3) is 0 Å². The lowest BCUT2D eigenvalue weighted by atomic mass is 10.0. The van der Waals surface area contributed by atoms with Crippen molar-refractivity contribution in [1.82, 2.24) is 4.90 Å². The largest absolute Gasteiger partial charge is 0.494 e. The van der Waals surface area contributed by atoms with Crippen LogP contribution in [0.3, 0.4) is 0 Å². The van der Waals surface area contributed by atoms with E-state index in [2.05, 4.69) is 10.2 Å². The lowest BCUT2D eigenvalue weighted by Gasteiger charge is -2.30. The van der Waals surface area contributed by atoms with Gasteiger partial charge >= 0.3 is 5.97 Å². The van der Waals surface area contributed by atoms with Crippen LogP contribution in [0.15, 0.2) is 36.4 Å². The number of ether oxygens (including phenoxy) is 3. The molecule has 0 saturated carbocycles. The highest BCUT2D eigenvalue weighted by Gasteiger charge is 2.29. The number of nitrogens with one attached hydrogen (secondary N) is 2. The zero-order valence-corrected chi connectivity index (χ0v) is 21.1. The van der Waals surface area contributed by atoms with Gasteiger partial charge in [0.25, 0.3) is 0 Å². The molecule has 0 aromatic heterocycles. The highest BCUT2D eigenvalue weighted by molar-refractivity contribution is 5.95. The van der Waals surface area contributed by atoms with Crippen LogP contribution in [0.2, 0.25) is 0 Å². The number of hydrogen-bond acceptors (Lipinski definition) is 7. The molecule has 4 N–H and O–H groups in total. The molecular formula is C25H34ClFN4O4. The first-order chi connectivity index (χ1) is 16.3. The third-order valence-corrected chi connectivity index (χ3v) is 5.57. The first-order valence-electron chi connectivity index (χ1n) is 11.5. The molecule has 2 unspecified atom stereocenters. The van der Waals surface area contributed by atoms with E-state index in [1.54, 1.807) is 31.2 Å². The Morgan fingerprint density at radius 1 is 1.26 bits per heavy atom. The molecule has 1 saturated heterocycles. The van der Waals surface area contributed by atoms with Crippen LogP contribution >= 0.6 is 12.4 Å². The molecule has 1 aliphatic heterocycles. The van der Waals surface area contributed by atoms with E-state index >= 15 is 4.39 Å². The minimum absolute atomic E-state index is 0. The number of carbonyl (C=O) groups excluding carboxylic acids is 1. The summed E-state index contributed by atoms with van der Waals surface area (Å²) in [5, 5.41) is 10.6. The van der Waals surface area contributed by atoms with Crippen LogP contribution < -0.4 is 20.5 Å². The molecule has 2 aromatic rings. The molecular weight excluding hydrogens is 475 g/mol. The second-order valence-electron chi connectivity index (χ2n) is 8.22. The fourth-order valence-corrected chi connectivity index (χ4v) is 3.94. The van der Waals surface area contributed by atoms with Crippen LogP contribution in [-0.2, 0) is 9.53 Å². The molecule has 1 heterocycles. The molecule has 0 spiro atoms. The van der Waals surface area contributed by atoms with Crippen LogP contribution in [0, 0.1) is 11.2 Å². The van der Waals surface area contributed by atoms with Gasteiger partial charge in [0, 0.05) is 29.4 Å². The van der Waals surface area contributed by atoms with Crippen molar-refractivity contribution in [2.75, 3.05) is 38.7 Å². The minimum Gasteiger partial charge on any atom is -0.494 e. The van der Waals surface area contributed by atoms with Gasteiger partial charge in [0.05, 0.1) is 13.2 Å². The molecule has 1 aliphatic rings. The summed E-state index contributed by atoms with van der Waals surface area (Å²) in [5.74, 6) is -0.888. The van der Waals surface area contributed by atoms with Crippen molar-refractivity contribution in [3.8, 4) is 11.5 Å². The van der Waals surface area contributed by atoms with Gasteiger partial charge in [0.1, 0.15) is 17.7 Å². The first kappa shape index (κ1) is 28.2. The SMILES string of the molecule is CCOC(=O)C(Nc1ccc(C(=N)N)cc1)c1cc(OCC)cc(OC2CCCN(C)C2)c1F.Cl. The van der Waals surface area contributed by atoms with Crippen molar-refractivity contribution < 1.29 is 23.4 Å². The molecule has 2 atom stereocenters. The van der Waals surface area contributed by atoms with E-state index in [1.807, 2.05) is 14.0 Å². The third kappa shape index (κ3) is 7.47. The Labute approximate surface area is 211 Å². The average molecular weight is 509 g/mol. The topological polar surface area (TPSA) is 110 Å². The maximum atomic E-state index is 15.8. The van der Waals surface area contributed by atoms with Crippen LogP contribution in [0.4, 0.5) is 10.1 Å². The number of nitrogens with two attached hydrogens (primary N) is 1. The van der Waals surface area contributed by atoms with Gasteiger partial charge in [0.15, 0.2) is 17.6 Å². The Balaban J connectivity index is 0.00000432. The van der Waals surface area contributed by atoms with Crippen molar-refractivity contribution in [3.63, 3.8) is 0 Å². The number of nitrogens with zero attached hydrogens (tertiary/aromatic N) is 1. The van der Waals surface area contributed by atoms with Gasteiger partial charge in [-0.25, -0.2) is 9.18 Å². The van der Waals surface area contributed by atoms with Crippen LogP contribution in [-0.4, -0.2) is 56.2 Å². The molecule has 192 valence electrons. The van der Waals surface area contributed by atoms with E-state index in [9.17, 15) is 4.79 Å². The number of benzene rings is 2. The Morgan fingerprint density at radius 3 is 2.57 bits per heavy atom. The number of halogens is 2. The van der Waals surface area contributed by atoms with E-state index < -0.39 is 17.8 Å². The number of carbonyl (C=O) groups is 1. The zero-order valence-electron chi connectivity index (χ0n) is 20.3. The van der Waals surface area contributed by atoms with Gasteiger partial charge in [-0.05, 0) is 70.6 Å². The van der Waals surface area contributed by atoms with Gasteiger partial charge in [-0.2, -0.15) is 0 Å². The van der Waals surface area contributed by atoms with Gasteiger partial charge in [-0.1, -0.05) is 0 Å². The number of rotatable bonds is 10. The summed E-state index contributed by atoms with van der Waals surface area (Å²) in [4.78, 5) is 15.0. The molecule has 2 aromatic carbocycles. The molecule has 0 amide bonds. The van der Waals surface area contributed by atoms with Crippen molar-refractivity contribution in [3.05, 3.63) is 53.3 Å². The molecule has 35 heavy (non-hydrogen) atoms. The second kappa shape index (κ2) is 13.2. The highest BCUT2D eigenvalue weighted by Crippen LogP contribution is 2.35. The fourth-order valence-electron chi connectivity index (χ4n) is 3.94. The number of piperidine rings is 1. The molecule has 3 rings (SSSR count). The molecule has 1 fully saturated rings. The Kier molecular flexibility index (Phi) is 10.6. The van der Waals surface area contributed by atoms with Crippen molar-refractivity contribution in [2.24, 2.45) is 5.73 Å². The number of amidine groups is 1. The van der Waals surface area contributed by atoms with E-state index in [-0.39, 0.29) is 42.3 Å². The number of likely N-dealkylation sites (N-methyl/N-ethyl adjacent to an activating group) is 1. The minimum atomic E-state index is -1.14. The number of nitrogen functional groups attached to an aromatic ring is 1. The number of anilines is 1. The molecule has 8 nitrogen and oxygen atoms in total. The summed E-state index contributed by atoms with van der Waals surface area (Å²) in [7, 11) is 2.01. The number of likely N-dealkylation sites (tertiary alicyclic amines) is 1. The quantitative estimate of drug-likeness (QED) is 0.251. The maximum Gasteiger partial charge on any atom is 0.333 e. The zero-order chi connectivity index (χ0) is 24.7. The van der Waals surface area contributed by atoms with Crippen molar-refractivity contribution in [1.29, 1.82) is 5.41 Å². The molecule has 0 aliphatic carbocycles. The Bertz CT molecular complexity index is 1010. The number of esters is 1. The fraction of sp³-hybridized carbons (Fsp3) is 0.440. The van der Waals surface area contributed by atoms with E-state index in [4.69, 9.17) is 25.4 Å². The van der Waals surface area contributed by atoms with Gasteiger partial charge in [0.2, 0.25) is 0 Å². The summed E-state index contributed by atoms with van der Waals surface area (Å²) >= 11 is 0. The van der Waals surface area contributed by atoms with E-state index in [0.29, 0.717) is 30.2 Å². The van der Waals surface area contributed by atoms with Gasteiger partial charge < -0.3 is 30.2 Å².